The van der Waals surface area contributed by atoms with E-state index in [4.69, 9.17) is 5.11 Å². The first-order chi connectivity index (χ1) is 8.66. The summed E-state index contributed by atoms with van der Waals surface area (Å²) in [7, 11) is 1.44. The van der Waals surface area contributed by atoms with Crippen LogP contribution in [0.4, 0.5) is 0 Å². The number of hydrogen-bond acceptors (Lipinski definition) is 3. The van der Waals surface area contributed by atoms with Crippen LogP contribution in [0.15, 0.2) is 0 Å². The second-order valence-electron chi connectivity index (χ2n) is 5.15. The summed E-state index contributed by atoms with van der Waals surface area (Å²) in [6.45, 7) is 1.86. The van der Waals surface area contributed by atoms with Crippen molar-refractivity contribution in [2.45, 2.75) is 83.7 Å². The summed E-state index contributed by atoms with van der Waals surface area (Å²) in [5.41, 5.74) is 0. The number of aliphatic hydroxyl groups excluding tert-OH is 1. The van der Waals surface area contributed by atoms with E-state index in [0.717, 1.165) is 25.7 Å². The van der Waals surface area contributed by atoms with Crippen LogP contribution < -0.4 is 0 Å². The molecule has 0 aromatic heterocycles. The molecule has 0 fully saturated rings. The Balaban J connectivity index is 3.01. The van der Waals surface area contributed by atoms with E-state index in [-0.39, 0.29) is 12.1 Å². The highest BCUT2D eigenvalue weighted by Crippen LogP contribution is 2.12. The van der Waals surface area contributed by atoms with Crippen LogP contribution in [0.3, 0.4) is 0 Å². The van der Waals surface area contributed by atoms with Crippen LogP contribution in [-0.2, 0) is 9.53 Å². The van der Waals surface area contributed by atoms with Crippen molar-refractivity contribution in [1.82, 2.24) is 0 Å². The Morgan fingerprint density at radius 2 is 1.39 bits per heavy atom. The number of methoxy groups -OCH3 is 1. The maximum absolute atomic E-state index is 10.9. The summed E-state index contributed by atoms with van der Waals surface area (Å²) in [5, 5.41) is 9.10. The third kappa shape index (κ3) is 13.5. The van der Waals surface area contributed by atoms with Crippen molar-refractivity contribution in [2.24, 2.45) is 0 Å². The molecule has 0 aliphatic rings. The summed E-state index contributed by atoms with van der Waals surface area (Å²) < 4.78 is 4.59. The summed E-state index contributed by atoms with van der Waals surface area (Å²) >= 11 is 0. The monoisotopic (exact) mass is 258 g/mol. The van der Waals surface area contributed by atoms with Crippen molar-refractivity contribution < 1.29 is 14.6 Å². The van der Waals surface area contributed by atoms with Crippen LogP contribution in [0.2, 0.25) is 0 Å². The Morgan fingerprint density at radius 1 is 0.944 bits per heavy atom. The zero-order valence-corrected chi connectivity index (χ0v) is 12.1. The maximum Gasteiger partial charge on any atom is 0.305 e. The van der Waals surface area contributed by atoms with Crippen LogP contribution in [0, 0.1) is 0 Å². The van der Waals surface area contributed by atoms with Crippen molar-refractivity contribution in [1.29, 1.82) is 0 Å². The number of ether oxygens (including phenoxy) is 1. The summed E-state index contributed by atoms with van der Waals surface area (Å²) in [5.74, 6) is -0.0897. The largest absolute Gasteiger partial charge is 0.469 e. The summed E-state index contributed by atoms with van der Waals surface area (Å²) in [6.07, 6.45) is 12.2. The van der Waals surface area contributed by atoms with Crippen molar-refractivity contribution in [3.63, 3.8) is 0 Å². The van der Waals surface area contributed by atoms with Crippen LogP contribution >= 0.6 is 0 Å². The topological polar surface area (TPSA) is 46.5 Å². The molecule has 1 atom stereocenters. The lowest BCUT2D eigenvalue weighted by atomic mass is 10.0. The third-order valence-electron chi connectivity index (χ3n) is 3.23. The van der Waals surface area contributed by atoms with Gasteiger partial charge in [-0.2, -0.15) is 0 Å². The zero-order valence-electron chi connectivity index (χ0n) is 12.1. The molecule has 108 valence electrons. The molecule has 0 heterocycles. The number of esters is 1. The standard InChI is InChI=1S/C15H30O3/c1-14(16)12-10-8-6-4-3-5-7-9-11-13-15(17)18-2/h14,16H,3-13H2,1-2H3/t14-/m1/s1. The van der Waals surface area contributed by atoms with E-state index in [2.05, 4.69) is 4.74 Å². The molecule has 3 nitrogen and oxygen atoms in total. The van der Waals surface area contributed by atoms with Gasteiger partial charge in [0.25, 0.3) is 0 Å². The normalized spacial score (nSPS) is 12.4. The average molecular weight is 258 g/mol. The van der Waals surface area contributed by atoms with Gasteiger partial charge in [-0.25, -0.2) is 0 Å². The van der Waals surface area contributed by atoms with Gasteiger partial charge in [0.2, 0.25) is 0 Å². The van der Waals surface area contributed by atoms with E-state index in [1.54, 1.807) is 0 Å². The smallest absolute Gasteiger partial charge is 0.305 e. The SMILES string of the molecule is COC(=O)CCCCCCCCCCC[C@@H](C)O. The molecule has 0 radical (unpaired) electrons. The molecule has 18 heavy (non-hydrogen) atoms. The van der Waals surface area contributed by atoms with Crippen molar-refractivity contribution >= 4 is 5.97 Å². The Hall–Kier alpha value is -0.570. The van der Waals surface area contributed by atoms with Gasteiger partial charge < -0.3 is 9.84 Å². The van der Waals surface area contributed by atoms with Crippen molar-refractivity contribution in [3.05, 3.63) is 0 Å². The fourth-order valence-electron chi connectivity index (χ4n) is 2.05. The molecular weight excluding hydrogens is 228 g/mol. The van der Waals surface area contributed by atoms with E-state index in [0.29, 0.717) is 6.42 Å². The van der Waals surface area contributed by atoms with Gasteiger partial charge in [0.1, 0.15) is 0 Å². The predicted molar refractivity (Wildman–Crippen MR) is 74.5 cm³/mol. The Kier molecular flexibility index (Phi) is 12.5. The van der Waals surface area contributed by atoms with Crippen molar-refractivity contribution in [2.75, 3.05) is 7.11 Å². The molecule has 0 saturated heterocycles. The van der Waals surface area contributed by atoms with Gasteiger partial charge in [-0.3, -0.25) is 4.79 Å². The quantitative estimate of drug-likeness (QED) is 0.427. The number of unbranched alkanes of at least 4 members (excludes halogenated alkanes) is 8. The van der Waals surface area contributed by atoms with Gasteiger partial charge in [0.15, 0.2) is 0 Å². The first kappa shape index (κ1) is 17.4. The van der Waals surface area contributed by atoms with E-state index in [9.17, 15) is 4.79 Å². The molecule has 0 aromatic rings. The Bertz CT molecular complexity index is 190. The Morgan fingerprint density at radius 3 is 1.83 bits per heavy atom. The highest BCUT2D eigenvalue weighted by atomic mass is 16.5. The third-order valence-corrected chi connectivity index (χ3v) is 3.23. The number of rotatable bonds is 12. The van der Waals surface area contributed by atoms with Gasteiger partial charge in [0.05, 0.1) is 13.2 Å². The molecule has 0 aromatic carbocycles. The molecule has 0 bridgehead atoms. The lowest BCUT2D eigenvalue weighted by Crippen LogP contribution is -1.99. The first-order valence-corrected chi connectivity index (χ1v) is 7.41. The predicted octanol–water partition coefficient (Wildman–Crippen LogP) is 3.83. The number of carbonyl (C=O) groups is 1. The molecular formula is C15H30O3. The minimum atomic E-state index is -0.139. The van der Waals surface area contributed by atoms with Gasteiger partial charge >= 0.3 is 5.97 Å². The first-order valence-electron chi connectivity index (χ1n) is 7.41. The van der Waals surface area contributed by atoms with E-state index >= 15 is 0 Å². The van der Waals surface area contributed by atoms with Crippen molar-refractivity contribution in [3.8, 4) is 0 Å². The molecule has 3 heteroatoms. The van der Waals surface area contributed by atoms with Crippen LogP contribution in [0.25, 0.3) is 0 Å². The highest BCUT2D eigenvalue weighted by Gasteiger charge is 1.99. The molecule has 0 amide bonds. The van der Waals surface area contributed by atoms with E-state index in [1.807, 2.05) is 6.92 Å². The summed E-state index contributed by atoms with van der Waals surface area (Å²) in [6, 6.07) is 0. The molecule has 1 N–H and O–H groups in total. The lowest BCUT2D eigenvalue weighted by molar-refractivity contribution is -0.140. The van der Waals surface area contributed by atoms with Crippen LogP contribution in [0.1, 0.15) is 77.6 Å². The molecule has 0 saturated carbocycles. The van der Waals surface area contributed by atoms with Gasteiger partial charge in [-0.1, -0.05) is 51.4 Å². The highest BCUT2D eigenvalue weighted by molar-refractivity contribution is 5.68. The number of hydrogen-bond donors (Lipinski definition) is 1. The second kappa shape index (κ2) is 12.9. The fourth-order valence-corrected chi connectivity index (χ4v) is 2.05. The minimum absolute atomic E-state index is 0.0897. The molecule has 0 unspecified atom stereocenters. The minimum Gasteiger partial charge on any atom is -0.469 e. The maximum atomic E-state index is 10.9. The molecule has 0 spiro atoms. The molecule has 0 aliphatic carbocycles. The second-order valence-corrected chi connectivity index (χ2v) is 5.15. The van der Waals surface area contributed by atoms with Gasteiger partial charge in [-0.05, 0) is 19.8 Å². The van der Waals surface area contributed by atoms with Crippen LogP contribution in [-0.4, -0.2) is 24.3 Å². The summed E-state index contributed by atoms with van der Waals surface area (Å²) in [4.78, 5) is 10.9. The van der Waals surface area contributed by atoms with Gasteiger partial charge in [0, 0.05) is 6.42 Å². The Labute approximate surface area is 112 Å². The lowest BCUT2D eigenvalue weighted by Gasteiger charge is -2.04. The fraction of sp³-hybridized carbons (Fsp3) is 0.933. The average Bonchev–Trinajstić information content (AvgIpc) is 2.35. The molecule has 0 rings (SSSR count). The number of carbonyl (C=O) groups excluding carboxylic acids is 1. The van der Waals surface area contributed by atoms with E-state index in [1.165, 1.54) is 45.6 Å². The molecule has 0 aliphatic heterocycles. The van der Waals surface area contributed by atoms with Gasteiger partial charge in [-0.15, -0.1) is 0 Å². The van der Waals surface area contributed by atoms with Crippen LogP contribution in [0.5, 0.6) is 0 Å². The van der Waals surface area contributed by atoms with E-state index < -0.39 is 0 Å². The zero-order chi connectivity index (χ0) is 13.6. The number of aliphatic hydroxyl groups is 1.